The molecule has 0 aliphatic heterocycles. The van der Waals surface area contributed by atoms with Crippen molar-refractivity contribution in [1.82, 2.24) is 9.97 Å². The van der Waals surface area contributed by atoms with Gasteiger partial charge < -0.3 is 9.72 Å². The largest absolute Gasteiger partial charge is 0.423 e. The van der Waals surface area contributed by atoms with Crippen molar-refractivity contribution in [1.29, 1.82) is 5.26 Å². The smallest absolute Gasteiger partial charge is 0.336 e. The molecule has 0 unspecified atom stereocenters. The van der Waals surface area contributed by atoms with Gasteiger partial charge in [-0.25, -0.2) is 9.78 Å². The quantitative estimate of drug-likeness (QED) is 0.221. The minimum atomic E-state index is -0.493. The summed E-state index contributed by atoms with van der Waals surface area (Å²) in [6.45, 7) is 0. The van der Waals surface area contributed by atoms with E-state index < -0.39 is 5.97 Å². The highest BCUT2D eigenvalue weighted by Crippen LogP contribution is 2.19. The van der Waals surface area contributed by atoms with Gasteiger partial charge in [-0.05, 0) is 47.5 Å². The van der Waals surface area contributed by atoms with Crippen molar-refractivity contribution in [3.8, 4) is 11.8 Å². The minimum Gasteiger partial charge on any atom is -0.423 e. The zero-order valence-corrected chi connectivity index (χ0v) is 16.9. The number of carbonyl (C=O) groups excluding carboxylic acids is 1. The molecule has 0 aliphatic rings. The predicted molar refractivity (Wildman–Crippen MR) is 123 cm³/mol. The number of benzene rings is 3. The molecule has 0 atom stereocenters. The molecule has 1 heterocycles. The van der Waals surface area contributed by atoms with Crippen LogP contribution in [0.15, 0.2) is 89.7 Å². The summed E-state index contributed by atoms with van der Waals surface area (Å²) in [6, 6.07) is 25.1. The number of esters is 1. The number of aromatic nitrogens is 2. The molecule has 6 nitrogen and oxygen atoms in total. The zero-order chi connectivity index (χ0) is 22.3. The van der Waals surface area contributed by atoms with Gasteiger partial charge >= 0.3 is 5.97 Å². The van der Waals surface area contributed by atoms with E-state index in [2.05, 4.69) is 16.0 Å². The van der Waals surface area contributed by atoms with Gasteiger partial charge in [-0.15, -0.1) is 0 Å². The Balaban J connectivity index is 1.51. The first kappa shape index (κ1) is 20.5. The average molecular weight is 419 g/mol. The normalized spacial score (nSPS) is 11.4. The van der Waals surface area contributed by atoms with E-state index in [1.807, 2.05) is 30.3 Å². The molecule has 0 aliphatic carbocycles. The maximum Gasteiger partial charge on any atom is 0.336 e. The second kappa shape index (κ2) is 9.37. The summed E-state index contributed by atoms with van der Waals surface area (Å²) in [7, 11) is 0. The SMILES string of the molecule is N#C/C(=C\c1ccc(OC(=O)/C=C/c2ccccc2)cc1)c1nc2ccccc2c(=O)[nH]1. The van der Waals surface area contributed by atoms with Gasteiger partial charge in [-0.3, -0.25) is 4.79 Å². The molecule has 3 aromatic carbocycles. The van der Waals surface area contributed by atoms with E-state index in [1.165, 1.54) is 6.08 Å². The van der Waals surface area contributed by atoms with Gasteiger partial charge in [0.1, 0.15) is 11.8 Å². The fourth-order valence-electron chi connectivity index (χ4n) is 3.04. The molecule has 0 saturated carbocycles. The molecule has 1 N–H and O–H groups in total. The van der Waals surface area contributed by atoms with Crippen LogP contribution in [-0.4, -0.2) is 15.9 Å². The standard InChI is InChI=1S/C26H17N3O3/c27-17-20(25-28-23-9-5-4-8-22(23)26(31)29-25)16-19-10-13-21(14-11-19)32-24(30)15-12-18-6-2-1-3-7-18/h1-16H,(H,28,29,31)/b15-12+,20-16+. The number of H-pyrrole nitrogens is 1. The monoisotopic (exact) mass is 419 g/mol. The molecule has 1 aromatic heterocycles. The molecule has 4 aromatic rings. The minimum absolute atomic E-state index is 0.192. The zero-order valence-electron chi connectivity index (χ0n) is 16.9. The number of nitriles is 1. The summed E-state index contributed by atoms with van der Waals surface area (Å²) >= 11 is 0. The summed E-state index contributed by atoms with van der Waals surface area (Å²) in [5.41, 5.74) is 2.01. The van der Waals surface area contributed by atoms with Gasteiger partial charge in [0, 0.05) is 6.08 Å². The Hall–Kier alpha value is -4.76. The van der Waals surface area contributed by atoms with E-state index in [9.17, 15) is 14.9 Å². The number of rotatable bonds is 5. The number of nitrogens with zero attached hydrogens (tertiary/aromatic N) is 2. The summed E-state index contributed by atoms with van der Waals surface area (Å²) in [4.78, 5) is 31.3. The van der Waals surface area contributed by atoms with Crippen LogP contribution < -0.4 is 10.3 Å². The van der Waals surface area contributed by atoms with E-state index in [1.54, 1.807) is 60.7 Å². The van der Waals surface area contributed by atoms with Gasteiger partial charge in [-0.1, -0.05) is 54.6 Å². The Morgan fingerprint density at radius 3 is 2.41 bits per heavy atom. The average Bonchev–Trinajstić information content (AvgIpc) is 2.83. The van der Waals surface area contributed by atoms with Crippen LogP contribution in [-0.2, 0) is 4.79 Å². The fourth-order valence-corrected chi connectivity index (χ4v) is 3.04. The molecule has 6 heteroatoms. The lowest BCUT2D eigenvalue weighted by atomic mass is 10.1. The van der Waals surface area contributed by atoms with Crippen LogP contribution in [0, 0.1) is 11.3 Å². The van der Waals surface area contributed by atoms with Crippen molar-refractivity contribution in [2.75, 3.05) is 0 Å². The Kier molecular flexibility index (Phi) is 6.01. The third-order valence-electron chi connectivity index (χ3n) is 4.61. The number of ether oxygens (including phenoxy) is 1. The van der Waals surface area contributed by atoms with Crippen LogP contribution in [0.3, 0.4) is 0 Å². The van der Waals surface area contributed by atoms with Crippen molar-refractivity contribution in [3.05, 3.63) is 112 Å². The van der Waals surface area contributed by atoms with Gasteiger partial charge in [0.05, 0.1) is 16.5 Å². The highest BCUT2D eigenvalue weighted by molar-refractivity contribution is 5.90. The second-order valence-corrected chi connectivity index (χ2v) is 6.84. The molecule has 0 radical (unpaired) electrons. The van der Waals surface area contributed by atoms with Crippen LogP contribution in [0.25, 0.3) is 28.6 Å². The van der Waals surface area contributed by atoms with Crippen LogP contribution in [0.5, 0.6) is 5.75 Å². The molecular formula is C26H17N3O3. The van der Waals surface area contributed by atoms with Crippen LogP contribution >= 0.6 is 0 Å². The lowest BCUT2D eigenvalue weighted by molar-refractivity contribution is -0.128. The summed E-state index contributed by atoms with van der Waals surface area (Å²) in [5.74, 6) is 0.0751. The molecule has 0 fully saturated rings. The van der Waals surface area contributed by atoms with Gasteiger partial charge in [-0.2, -0.15) is 5.26 Å². The number of hydrogen-bond donors (Lipinski definition) is 1. The van der Waals surface area contributed by atoms with Crippen molar-refractivity contribution in [2.45, 2.75) is 0 Å². The molecule has 4 rings (SSSR count). The first-order valence-corrected chi connectivity index (χ1v) is 9.78. The maximum absolute atomic E-state index is 12.3. The number of aromatic amines is 1. The van der Waals surface area contributed by atoms with Crippen LogP contribution in [0.2, 0.25) is 0 Å². The van der Waals surface area contributed by atoms with E-state index >= 15 is 0 Å². The van der Waals surface area contributed by atoms with E-state index in [-0.39, 0.29) is 17.0 Å². The van der Waals surface area contributed by atoms with Crippen LogP contribution in [0.4, 0.5) is 0 Å². The first-order valence-electron chi connectivity index (χ1n) is 9.78. The van der Waals surface area contributed by atoms with Crippen LogP contribution in [0.1, 0.15) is 17.0 Å². The first-order chi connectivity index (χ1) is 15.6. The van der Waals surface area contributed by atoms with E-state index in [0.29, 0.717) is 22.2 Å². The molecule has 0 bridgehead atoms. The summed E-state index contributed by atoms with van der Waals surface area (Å²) in [6.07, 6.45) is 4.64. The number of para-hydroxylation sites is 1. The van der Waals surface area contributed by atoms with Gasteiger partial charge in [0.15, 0.2) is 5.82 Å². The number of nitrogens with one attached hydrogen (secondary N) is 1. The molecule has 0 spiro atoms. The number of carbonyl (C=O) groups is 1. The topological polar surface area (TPSA) is 95.8 Å². The predicted octanol–water partition coefficient (Wildman–Crippen LogP) is 4.61. The lowest BCUT2D eigenvalue weighted by Crippen LogP contribution is -2.11. The Morgan fingerprint density at radius 2 is 1.66 bits per heavy atom. The number of hydrogen-bond acceptors (Lipinski definition) is 5. The third kappa shape index (κ3) is 4.86. The molecule has 0 amide bonds. The highest BCUT2D eigenvalue weighted by atomic mass is 16.5. The molecule has 154 valence electrons. The number of allylic oxidation sites excluding steroid dienone is 1. The molecule has 0 saturated heterocycles. The van der Waals surface area contributed by atoms with Crippen molar-refractivity contribution in [2.24, 2.45) is 0 Å². The Bertz CT molecular complexity index is 1430. The second-order valence-electron chi connectivity index (χ2n) is 6.84. The lowest BCUT2D eigenvalue weighted by Gasteiger charge is -2.04. The van der Waals surface area contributed by atoms with E-state index in [0.717, 1.165) is 5.56 Å². The Labute approximate surface area is 183 Å². The highest BCUT2D eigenvalue weighted by Gasteiger charge is 2.08. The van der Waals surface area contributed by atoms with Gasteiger partial charge in [0.2, 0.25) is 0 Å². The fraction of sp³-hybridized carbons (Fsp3) is 0. The third-order valence-corrected chi connectivity index (χ3v) is 4.61. The van der Waals surface area contributed by atoms with E-state index in [4.69, 9.17) is 4.74 Å². The Morgan fingerprint density at radius 1 is 0.938 bits per heavy atom. The summed E-state index contributed by atoms with van der Waals surface area (Å²) in [5, 5.41) is 10.0. The van der Waals surface area contributed by atoms with Crippen molar-refractivity contribution in [3.63, 3.8) is 0 Å². The molecule has 32 heavy (non-hydrogen) atoms. The van der Waals surface area contributed by atoms with Crippen molar-refractivity contribution >= 4 is 34.6 Å². The maximum atomic E-state index is 12.3. The van der Waals surface area contributed by atoms with Gasteiger partial charge in [0.25, 0.3) is 5.56 Å². The van der Waals surface area contributed by atoms with Crippen molar-refractivity contribution < 1.29 is 9.53 Å². The molecular weight excluding hydrogens is 402 g/mol. The summed E-state index contributed by atoms with van der Waals surface area (Å²) < 4.78 is 5.30. The number of fused-ring (bicyclic) bond motifs is 1.